The Kier molecular flexibility index (Phi) is 6.37. The van der Waals surface area contributed by atoms with Crippen molar-refractivity contribution in [3.63, 3.8) is 0 Å². The van der Waals surface area contributed by atoms with Crippen LogP contribution in [0.15, 0.2) is 41.3 Å². The molecule has 10 heteroatoms. The van der Waals surface area contributed by atoms with E-state index in [1.54, 1.807) is 43.9 Å². The summed E-state index contributed by atoms with van der Waals surface area (Å²) in [6.45, 7) is 6.02. The van der Waals surface area contributed by atoms with E-state index in [1.165, 1.54) is 26.4 Å². The Hall–Kier alpha value is -3.37. The molecule has 0 aliphatic carbocycles. The van der Waals surface area contributed by atoms with Gasteiger partial charge in [-0.1, -0.05) is 0 Å². The molecule has 3 aromatic rings. The zero-order valence-electron chi connectivity index (χ0n) is 20.4. The van der Waals surface area contributed by atoms with Crippen molar-refractivity contribution in [1.82, 2.24) is 14.6 Å². The first-order valence-electron chi connectivity index (χ1n) is 11.2. The van der Waals surface area contributed by atoms with Crippen LogP contribution in [0.5, 0.6) is 5.75 Å². The number of H-pyrrole nitrogens is 1. The third kappa shape index (κ3) is 4.89. The first kappa shape index (κ1) is 24.7. The molecule has 2 N–H and O–H groups in total. The van der Waals surface area contributed by atoms with E-state index in [1.807, 2.05) is 6.07 Å². The van der Waals surface area contributed by atoms with Crippen LogP contribution >= 0.6 is 0 Å². The fourth-order valence-corrected chi connectivity index (χ4v) is 5.91. The molecular weight excluding hydrogens is 470 g/mol. The number of sulfonamides is 1. The fraction of sp³-hybridized carbons (Fsp3) is 0.360. The van der Waals surface area contributed by atoms with Crippen LogP contribution in [0.2, 0.25) is 0 Å². The van der Waals surface area contributed by atoms with Crippen molar-refractivity contribution >= 4 is 32.8 Å². The summed E-state index contributed by atoms with van der Waals surface area (Å²) in [5, 5.41) is 0.854. The number of fused-ring (bicyclic) bond motifs is 3. The standard InChI is InChI=1S/C25H29N3O6S/c1-25(2,3)27-35(31,32)22-13-15(7-9-21(22)33-4)23(29)28-11-10-20-18(14-28)17-12-16(24(30)34-5)6-8-19(17)26-20/h6-9,12-13,26-27H,10-11,14H2,1-5H3. The summed E-state index contributed by atoms with van der Waals surface area (Å²) in [7, 11) is -1.21. The topological polar surface area (TPSA) is 118 Å². The summed E-state index contributed by atoms with van der Waals surface area (Å²) in [4.78, 5) is 30.4. The fourth-order valence-electron chi connectivity index (χ4n) is 4.29. The van der Waals surface area contributed by atoms with E-state index in [2.05, 4.69) is 9.71 Å². The number of hydrogen-bond acceptors (Lipinski definition) is 6. The Morgan fingerprint density at radius 1 is 1.06 bits per heavy atom. The molecule has 0 radical (unpaired) electrons. The number of carbonyl (C=O) groups is 2. The van der Waals surface area contributed by atoms with Gasteiger partial charge in [0, 0.05) is 52.8 Å². The third-order valence-electron chi connectivity index (χ3n) is 5.82. The average Bonchev–Trinajstić information content (AvgIpc) is 3.18. The number of ether oxygens (including phenoxy) is 2. The van der Waals surface area contributed by atoms with Crippen LogP contribution in [-0.2, 0) is 27.7 Å². The molecule has 35 heavy (non-hydrogen) atoms. The van der Waals surface area contributed by atoms with Crippen LogP contribution in [0.25, 0.3) is 10.9 Å². The molecule has 4 rings (SSSR count). The first-order chi connectivity index (χ1) is 16.4. The molecule has 2 aromatic carbocycles. The molecular formula is C25H29N3O6S. The zero-order chi connectivity index (χ0) is 25.5. The summed E-state index contributed by atoms with van der Waals surface area (Å²) in [5.41, 5.74) is 2.80. The Morgan fingerprint density at radius 2 is 1.77 bits per heavy atom. The third-order valence-corrected chi connectivity index (χ3v) is 7.60. The molecule has 0 fully saturated rings. The lowest BCUT2D eigenvalue weighted by molar-refractivity contribution is 0.0600. The van der Waals surface area contributed by atoms with Crippen molar-refractivity contribution in [2.24, 2.45) is 0 Å². The number of rotatable bonds is 5. The maximum atomic E-state index is 13.4. The summed E-state index contributed by atoms with van der Waals surface area (Å²) >= 11 is 0. The van der Waals surface area contributed by atoms with Gasteiger partial charge >= 0.3 is 5.97 Å². The molecule has 0 saturated carbocycles. The van der Waals surface area contributed by atoms with Crippen LogP contribution in [0.3, 0.4) is 0 Å². The smallest absolute Gasteiger partial charge is 0.337 e. The molecule has 0 saturated heterocycles. The highest BCUT2D eigenvalue weighted by molar-refractivity contribution is 7.89. The number of carbonyl (C=O) groups excluding carboxylic acids is 2. The van der Waals surface area contributed by atoms with E-state index in [4.69, 9.17) is 9.47 Å². The maximum Gasteiger partial charge on any atom is 0.337 e. The van der Waals surface area contributed by atoms with Crippen LogP contribution < -0.4 is 9.46 Å². The van der Waals surface area contributed by atoms with Gasteiger partial charge in [-0.3, -0.25) is 4.79 Å². The van der Waals surface area contributed by atoms with Crippen molar-refractivity contribution in [1.29, 1.82) is 0 Å². The minimum atomic E-state index is -3.93. The Labute approximate surface area is 204 Å². The molecule has 0 unspecified atom stereocenters. The van der Waals surface area contributed by atoms with Crippen LogP contribution in [0.4, 0.5) is 0 Å². The highest BCUT2D eigenvalue weighted by Gasteiger charge is 2.29. The molecule has 1 amide bonds. The van der Waals surface area contributed by atoms with Crippen LogP contribution in [-0.4, -0.2) is 56.5 Å². The van der Waals surface area contributed by atoms with E-state index in [-0.39, 0.29) is 22.1 Å². The second-order valence-electron chi connectivity index (χ2n) is 9.53. The van der Waals surface area contributed by atoms with Gasteiger partial charge in [-0.05, 0) is 57.2 Å². The number of benzene rings is 2. The number of methoxy groups -OCH3 is 2. The van der Waals surface area contributed by atoms with Crippen molar-refractivity contribution in [2.75, 3.05) is 20.8 Å². The van der Waals surface area contributed by atoms with Gasteiger partial charge in [-0.2, -0.15) is 0 Å². The SMILES string of the molecule is COC(=O)c1ccc2[nH]c3c(c2c1)CN(C(=O)c1ccc(OC)c(S(=O)(=O)NC(C)(C)C)c1)CC3. The van der Waals surface area contributed by atoms with E-state index in [0.29, 0.717) is 25.1 Å². The van der Waals surface area contributed by atoms with Gasteiger partial charge in [-0.15, -0.1) is 0 Å². The zero-order valence-corrected chi connectivity index (χ0v) is 21.2. The molecule has 9 nitrogen and oxygen atoms in total. The van der Waals surface area contributed by atoms with Crippen molar-refractivity contribution in [3.05, 3.63) is 58.8 Å². The molecule has 186 valence electrons. The minimum Gasteiger partial charge on any atom is -0.495 e. The number of aromatic nitrogens is 1. The number of aromatic amines is 1. The molecule has 0 spiro atoms. The Balaban J connectivity index is 1.67. The van der Waals surface area contributed by atoms with Crippen LogP contribution in [0.1, 0.15) is 52.7 Å². The monoisotopic (exact) mass is 499 g/mol. The van der Waals surface area contributed by atoms with Gasteiger partial charge < -0.3 is 19.4 Å². The number of amides is 1. The van der Waals surface area contributed by atoms with Gasteiger partial charge in [0.1, 0.15) is 10.6 Å². The van der Waals surface area contributed by atoms with E-state index in [9.17, 15) is 18.0 Å². The van der Waals surface area contributed by atoms with E-state index in [0.717, 1.165) is 22.2 Å². The highest BCUT2D eigenvalue weighted by atomic mass is 32.2. The van der Waals surface area contributed by atoms with Gasteiger partial charge in [0.05, 0.1) is 19.8 Å². The first-order valence-corrected chi connectivity index (χ1v) is 12.6. The second-order valence-corrected chi connectivity index (χ2v) is 11.2. The molecule has 1 aromatic heterocycles. The van der Waals surface area contributed by atoms with Gasteiger partial charge in [0.25, 0.3) is 5.91 Å². The van der Waals surface area contributed by atoms with Crippen molar-refractivity contribution < 1.29 is 27.5 Å². The summed E-state index contributed by atoms with van der Waals surface area (Å²) < 4.78 is 38.7. The van der Waals surface area contributed by atoms with Crippen LogP contribution in [0, 0.1) is 0 Å². The van der Waals surface area contributed by atoms with Crippen molar-refractivity contribution in [3.8, 4) is 5.75 Å². The number of nitrogens with zero attached hydrogens (tertiary/aromatic N) is 1. The lowest BCUT2D eigenvalue weighted by atomic mass is 10.0. The molecule has 1 aliphatic rings. The average molecular weight is 500 g/mol. The largest absolute Gasteiger partial charge is 0.495 e. The summed E-state index contributed by atoms with van der Waals surface area (Å²) in [6, 6.07) is 9.71. The van der Waals surface area contributed by atoms with E-state index < -0.39 is 21.5 Å². The predicted octanol–water partition coefficient (Wildman–Crippen LogP) is 3.24. The molecule has 2 heterocycles. The molecule has 0 atom stereocenters. The van der Waals surface area contributed by atoms with E-state index >= 15 is 0 Å². The van der Waals surface area contributed by atoms with Gasteiger partial charge in [-0.25, -0.2) is 17.9 Å². The van der Waals surface area contributed by atoms with Crippen molar-refractivity contribution in [2.45, 2.75) is 44.2 Å². The second kappa shape index (κ2) is 9.01. The lowest BCUT2D eigenvalue weighted by Gasteiger charge is -2.28. The maximum absolute atomic E-state index is 13.4. The Morgan fingerprint density at radius 3 is 2.43 bits per heavy atom. The normalized spacial score (nSPS) is 14.0. The number of nitrogens with one attached hydrogen (secondary N) is 2. The Bertz CT molecular complexity index is 1420. The quantitative estimate of drug-likeness (QED) is 0.521. The summed E-state index contributed by atoms with van der Waals surface area (Å²) in [5.74, 6) is -0.559. The minimum absolute atomic E-state index is 0.0895. The molecule has 1 aliphatic heterocycles. The van der Waals surface area contributed by atoms with Gasteiger partial charge in [0.15, 0.2) is 0 Å². The summed E-state index contributed by atoms with van der Waals surface area (Å²) in [6.07, 6.45) is 0.607. The predicted molar refractivity (Wildman–Crippen MR) is 131 cm³/mol. The number of esters is 1. The lowest BCUT2D eigenvalue weighted by Crippen LogP contribution is -2.40. The molecule has 0 bridgehead atoms. The highest BCUT2D eigenvalue weighted by Crippen LogP contribution is 2.31. The van der Waals surface area contributed by atoms with Gasteiger partial charge in [0.2, 0.25) is 10.0 Å². The number of hydrogen-bond donors (Lipinski definition) is 2.